The van der Waals surface area contributed by atoms with Gasteiger partial charge in [0.2, 0.25) is 0 Å². The molecule has 5 nitrogen and oxygen atoms in total. The maximum atomic E-state index is 5.88. The normalized spacial score (nSPS) is 23.4. The van der Waals surface area contributed by atoms with Gasteiger partial charge in [-0.25, -0.2) is 0 Å². The zero-order valence-electron chi connectivity index (χ0n) is 12.1. The van der Waals surface area contributed by atoms with E-state index in [-0.39, 0.29) is 6.10 Å². The number of halogens is 1. The summed E-state index contributed by atoms with van der Waals surface area (Å²) in [4.78, 5) is 6.77. The molecule has 0 N–H and O–H groups in total. The molecule has 0 saturated carbocycles. The molecule has 2 aromatic rings. The fraction of sp³-hybridized carbons (Fsp3) is 0.467. The zero-order chi connectivity index (χ0) is 14.8. The van der Waals surface area contributed by atoms with Gasteiger partial charge in [0.05, 0.1) is 19.3 Å². The molecule has 0 unspecified atom stereocenters. The van der Waals surface area contributed by atoms with Gasteiger partial charge in [0.15, 0.2) is 5.82 Å². The van der Waals surface area contributed by atoms with Crippen molar-refractivity contribution in [2.24, 2.45) is 0 Å². The molecule has 0 amide bonds. The Morgan fingerprint density at radius 2 is 2.05 bits per heavy atom. The number of hydrogen-bond donors (Lipinski definition) is 0. The van der Waals surface area contributed by atoms with E-state index in [0.29, 0.717) is 29.3 Å². The first-order chi connectivity index (χ1) is 10.1. The lowest BCUT2D eigenvalue weighted by Gasteiger charge is -2.35. The highest BCUT2D eigenvalue weighted by Crippen LogP contribution is 2.21. The van der Waals surface area contributed by atoms with Crippen LogP contribution >= 0.6 is 11.6 Å². The van der Waals surface area contributed by atoms with E-state index in [4.69, 9.17) is 20.9 Å². The lowest BCUT2D eigenvalue weighted by molar-refractivity contribution is -0.0536. The maximum Gasteiger partial charge on any atom is 0.257 e. The van der Waals surface area contributed by atoms with Crippen LogP contribution in [0.5, 0.6) is 0 Å². The third-order valence-electron chi connectivity index (χ3n) is 3.64. The van der Waals surface area contributed by atoms with Gasteiger partial charge >= 0.3 is 0 Å². The summed E-state index contributed by atoms with van der Waals surface area (Å²) in [5, 5.41) is 4.76. The van der Waals surface area contributed by atoms with Crippen LogP contribution in [-0.2, 0) is 11.3 Å². The summed E-state index contributed by atoms with van der Waals surface area (Å²) in [6.45, 7) is 6.52. The third-order valence-corrected chi connectivity index (χ3v) is 3.89. The molecule has 3 rings (SSSR count). The predicted octanol–water partition coefficient (Wildman–Crippen LogP) is 3.00. The summed E-state index contributed by atoms with van der Waals surface area (Å²) in [5.74, 6) is 1.22. The van der Waals surface area contributed by atoms with Crippen molar-refractivity contribution in [3.63, 3.8) is 0 Å². The van der Waals surface area contributed by atoms with Gasteiger partial charge in [-0.05, 0) is 38.1 Å². The minimum absolute atomic E-state index is 0.240. The van der Waals surface area contributed by atoms with Crippen LogP contribution < -0.4 is 0 Å². The van der Waals surface area contributed by atoms with E-state index in [0.717, 1.165) is 18.7 Å². The van der Waals surface area contributed by atoms with E-state index < -0.39 is 0 Å². The van der Waals surface area contributed by atoms with Gasteiger partial charge in [-0.1, -0.05) is 16.8 Å². The van der Waals surface area contributed by atoms with Crippen molar-refractivity contribution in [1.29, 1.82) is 0 Å². The summed E-state index contributed by atoms with van der Waals surface area (Å²) in [7, 11) is 0. The molecule has 1 aliphatic heterocycles. The number of morpholine rings is 1. The van der Waals surface area contributed by atoms with Crippen molar-refractivity contribution in [2.75, 3.05) is 13.2 Å². The highest BCUT2D eigenvalue weighted by atomic mass is 35.5. The van der Waals surface area contributed by atoms with Crippen molar-refractivity contribution in [1.82, 2.24) is 15.0 Å². The predicted molar refractivity (Wildman–Crippen MR) is 80.0 cm³/mol. The average Bonchev–Trinajstić information content (AvgIpc) is 2.92. The van der Waals surface area contributed by atoms with E-state index in [1.807, 2.05) is 24.3 Å². The topological polar surface area (TPSA) is 51.4 Å². The molecule has 2 heterocycles. The van der Waals surface area contributed by atoms with E-state index in [1.165, 1.54) is 0 Å². The first kappa shape index (κ1) is 14.5. The first-order valence-corrected chi connectivity index (χ1v) is 7.44. The molecule has 21 heavy (non-hydrogen) atoms. The Morgan fingerprint density at radius 1 is 1.29 bits per heavy atom. The molecule has 0 radical (unpaired) electrons. The largest absolute Gasteiger partial charge is 0.376 e. The second kappa shape index (κ2) is 6.13. The third kappa shape index (κ3) is 3.43. The summed E-state index contributed by atoms with van der Waals surface area (Å²) < 4.78 is 11.0. The Labute approximate surface area is 128 Å². The van der Waals surface area contributed by atoms with Crippen molar-refractivity contribution in [2.45, 2.75) is 32.5 Å². The summed E-state index contributed by atoms with van der Waals surface area (Å²) >= 11 is 5.88. The van der Waals surface area contributed by atoms with Crippen molar-refractivity contribution in [3.05, 3.63) is 35.1 Å². The molecular formula is C15H18ClN3O2. The molecule has 1 fully saturated rings. The number of ether oxygens (including phenoxy) is 1. The van der Waals surface area contributed by atoms with Crippen LogP contribution in [-0.4, -0.2) is 40.3 Å². The van der Waals surface area contributed by atoms with Gasteiger partial charge < -0.3 is 9.26 Å². The van der Waals surface area contributed by atoms with Crippen molar-refractivity contribution < 1.29 is 9.26 Å². The van der Waals surface area contributed by atoms with Crippen LogP contribution in [0.4, 0.5) is 0 Å². The van der Waals surface area contributed by atoms with Crippen LogP contribution in [0.3, 0.4) is 0 Å². The lowest BCUT2D eigenvalue weighted by atomic mass is 10.2. The highest BCUT2D eigenvalue weighted by molar-refractivity contribution is 6.30. The number of nitrogens with zero attached hydrogens (tertiary/aromatic N) is 3. The van der Waals surface area contributed by atoms with Crippen molar-refractivity contribution in [3.8, 4) is 11.5 Å². The average molecular weight is 308 g/mol. The van der Waals surface area contributed by atoms with E-state index >= 15 is 0 Å². The summed E-state index contributed by atoms with van der Waals surface area (Å²) in [6, 6.07) is 7.73. The Balaban J connectivity index is 1.71. The van der Waals surface area contributed by atoms with E-state index in [9.17, 15) is 0 Å². The fourth-order valence-corrected chi connectivity index (χ4v) is 2.53. The lowest BCUT2D eigenvalue weighted by Crippen LogP contribution is -2.46. The quantitative estimate of drug-likeness (QED) is 0.872. The molecule has 0 bridgehead atoms. The molecule has 1 aromatic heterocycles. The molecule has 1 aliphatic rings. The highest BCUT2D eigenvalue weighted by Gasteiger charge is 2.25. The molecule has 6 heteroatoms. The summed E-state index contributed by atoms with van der Waals surface area (Å²) in [5.41, 5.74) is 0.876. The second-order valence-corrected chi connectivity index (χ2v) is 5.88. The zero-order valence-corrected chi connectivity index (χ0v) is 12.9. The van der Waals surface area contributed by atoms with Gasteiger partial charge in [-0.2, -0.15) is 4.98 Å². The summed E-state index contributed by atoms with van der Waals surface area (Å²) in [6.07, 6.45) is 0.240. The maximum absolute atomic E-state index is 5.88. The molecule has 0 spiro atoms. The minimum atomic E-state index is 0.240. The SMILES string of the molecule is C[C@@H]1CN(Cc2noc(-c3ccc(Cl)cc3)n2)[C@@H](C)CO1. The van der Waals surface area contributed by atoms with Crippen LogP contribution in [0.25, 0.3) is 11.5 Å². The van der Waals surface area contributed by atoms with Crippen LogP contribution in [0, 0.1) is 0 Å². The Morgan fingerprint density at radius 3 is 2.81 bits per heavy atom. The van der Waals surface area contributed by atoms with Crippen LogP contribution in [0.2, 0.25) is 5.02 Å². The van der Waals surface area contributed by atoms with Crippen LogP contribution in [0.1, 0.15) is 19.7 Å². The van der Waals surface area contributed by atoms with Gasteiger partial charge in [0.25, 0.3) is 5.89 Å². The molecule has 2 atom stereocenters. The van der Waals surface area contributed by atoms with Gasteiger partial charge in [-0.3, -0.25) is 4.90 Å². The van der Waals surface area contributed by atoms with Gasteiger partial charge in [0.1, 0.15) is 0 Å². The Bertz CT molecular complexity index is 599. The van der Waals surface area contributed by atoms with E-state index in [2.05, 4.69) is 28.9 Å². The molecule has 112 valence electrons. The monoisotopic (exact) mass is 307 g/mol. The molecule has 1 aromatic carbocycles. The Hall–Kier alpha value is -1.43. The molecule has 1 saturated heterocycles. The minimum Gasteiger partial charge on any atom is -0.376 e. The second-order valence-electron chi connectivity index (χ2n) is 5.45. The Kier molecular flexibility index (Phi) is 4.24. The number of hydrogen-bond acceptors (Lipinski definition) is 5. The fourth-order valence-electron chi connectivity index (χ4n) is 2.40. The van der Waals surface area contributed by atoms with E-state index in [1.54, 1.807) is 0 Å². The van der Waals surface area contributed by atoms with Crippen LogP contribution in [0.15, 0.2) is 28.8 Å². The number of benzene rings is 1. The number of aromatic nitrogens is 2. The van der Waals surface area contributed by atoms with Gasteiger partial charge in [-0.15, -0.1) is 0 Å². The number of rotatable bonds is 3. The standard InChI is InChI=1S/C15H18ClN3O2/c1-10-9-20-11(2)7-19(10)8-14-17-15(21-18-14)12-3-5-13(16)6-4-12/h3-6,10-11H,7-9H2,1-2H3/t10-,11+/m0/s1. The van der Waals surface area contributed by atoms with Gasteiger partial charge in [0, 0.05) is 23.2 Å². The first-order valence-electron chi connectivity index (χ1n) is 7.06. The molecule has 0 aliphatic carbocycles. The molecular weight excluding hydrogens is 290 g/mol. The van der Waals surface area contributed by atoms with Crippen molar-refractivity contribution >= 4 is 11.6 Å². The smallest absolute Gasteiger partial charge is 0.257 e.